The van der Waals surface area contributed by atoms with E-state index in [1.54, 1.807) is 0 Å². The van der Waals surface area contributed by atoms with Gasteiger partial charge in [-0.15, -0.1) is 0 Å². The van der Waals surface area contributed by atoms with Crippen molar-refractivity contribution in [3.8, 4) is 0 Å². The maximum atomic E-state index is 9.92. The topological polar surface area (TPSA) is 66.4 Å². The van der Waals surface area contributed by atoms with Gasteiger partial charge in [-0.1, -0.05) is 19.1 Å². The molecule has 0 unspecified atom stereocenters. The highest BCUT2D eigenvalue weighted by atomic mass is 16.8. The molecule has 0 aromatic carbocycles. The molecule has 0 aromatic rings. The molecule has 1 saturated carbocycles. The summed E-state index contributed by atoms with van der Waals surface area (Å²) in [5.74, 6) is -1.15. The molecule has 1 aliphatic carbocycles. The number of fused-ring (bicyclic) bond motifs is 2. The molecule has 1 N–H and O–H groups in total. The van der Waals surface area contributed by atoms with Gasteiger partial charge in [0.2, 0.25) is 0 Å². The van der Waals surface area contributed by atoms with Crippen molar-refractivity contribution in [2.45, 2.75) is 83.6 Å². The number of aliphatic hydroxyl groups excluding tert-OH is 1. The van der Waals surface area contributed by atoms with Crippen molar-refractivity contribution in [2.24, 2.45) is 17.3 Å². The molecule has 7 atom stereocenters. The Morgan fingerprint density at radius 3 is 2.46 bits per heavy atom. The predicted molar refractivity (Wildman–Crippen MR) is 94.1 cm³/mol. The maximum absolute atomic E-state index is 9.92. The number of rotatable bonds is 3. The summed E-state index contributed by atoms with van der Waals surface area (Å²) in [5, 5.41) is 9.92. The third-order valence-corrected chi connectivity index (χ3v) is 6.52. The van der Waals surface area contributed by atoms with E-state index in [0.717, 1.165) is 18.4 Å². The van der Waals surface area contributed by atoms with Crippen LogP contribution in [0.3, 0.4) is 0 Å². The minimum Gasteiger partial charge on any atom is -0.396 e. The zero-order valence-corrected chi connectivity index (χ0v) is 16.5. The van der Waals surface area contributed by atoms with Crippen LogP contribution in [0.4, 0.5) is 0 Å². The van der Waals surface area contributed by atoms with E-state index in [9.17, 15) is 5.11 Å². The molecule has 4 fully saturated rings. The van der Waals surface area contributed by atoms with Crippen LogP contribution in [0.15, 0.2) is 12.2 Å². The lowest BCUT2D eigenvalue weighted by Crippen LogP contribution is -2.52. The van der Waals surface area contributed by atoms with E-state index in [2.05, 4.69) is 13.5 Å². The third kappa shape index (κ3) is 2.69. The second kappa shape index (κ2) is 6.00. The van der Waals surface area contributed by atoms with Crippen LogP contribution in [0.25, 0.3) is 0 Å². The fourth-order valence-electron chi connectivity index (χ4n) is 5.67. The minimum atomic E-state index is -0.684. The van der Waals surface area contributed by atoms with Gasteiger partial charge >= 0.3 is 0 Å². The normalized spacial score (nSPS) is 47.6. The summed E-state index contributed by atoms with van der Waals surface area (Å²) < 4.78 is 30.9. The van der Waals surface area contributed by atoms with Crippen LogP contribution in [-0.4, -0.2) is 54.5 Å². The molecule has 3 aliphatic heterocycles. The standard InChI is InChI=1S/C20H32O6/c1-11-7-8-20(14(11)12(2)9-21)15(13-10-22-18(3,4)24-13)23-17-16(20)25-19(5,6)26-17/h12-17,21H,1,7-10H2,2-6H3/t12-,13-,14-,15-,16+,17-,20-/m1/s1. The first-order chi connectivity index (χ1) is 12.1. The van der Waals surface area contributed by atoms with Crippen LogP contribution >= 0.6 is 0 Å². The molecule has 6 nitrogen and oxygen atoms in total. The van der Waals surface area contributed by atoms with Crippen molar-refractivity contribution in [2.75, 3.05) is 13.2 Å². The van der Waals surface area contributed by atoms with E-state index in [0.29, 0.717) is 6.61 Å². The second-order valence-corrected chi connectivity index (χ2v) is 9.26. The number of aliphatic hydroxyl groups is 1. The number of hydrogen-bond acceptors (Lipinski definition) is 6. The molecule has 3 heterocycles. The van der Waals surface area contributed by atoms with Crippen molar-refractivity contribution in [3.05, 3.63) is 12.2 Å². The summed E-state index contributed by atoms with van der Waals surface area (Å²) in [4.78, 5) is 0. The molecule has 3 saturated heterocycles. The zero-order chi connectivity index (χ0) is 18.9. The Morgan fingerprint density at radius 1 is 1.12 bits per heavy atom. The highest BCUT2D eigenvalue weighted by molar-refractivity contribution is 5.24. The Balaban J connectivity index is 1.74. The molecular weight excluding hydrogens is 336 g/mol. The molecular formula is C20H32O6. The summed E-state index contributed by atoms with van der Waals surface area (Å²) in [6, 6.07) is 0. The van der Waals surface area contributed by atoms with Crippen LogP contribution in [0.5, 0.6) is 0 Å². The molecule has 4 aliphatic rings. The van der Waals surface area contributed by atoms with Crippen molar-refractivity contribution in [1.82, 2.24) is 0 Å². The molecule has 6 heteroatoms. The molecule has 4 rings (SSSR count). The van der Waals surface area contributed by atoms with Gasteiger partial charge < -0.3 is 28.8 Å². The van der Waals surface area contributed by atoms with Gasteiger partial charge in [0.1, 0.15) is 12.2 Å². The lowest BCUT2D eigenvalue weighted by molar-refractivity contribution is -0.241. The fourth-order valence-corrected chi connectivity index (χ4v) is 5.67. The molecule has 1 spiro atoms. The van der Waals surface area contributed by atoms with Gasteiger partial charge in [0.15, 0.2) is 17.9 Å². The quantitative estimate of drug-likeness (QED) is 0.773. The van der Waals surface area contributed by atoms with E-state index in [1.807, 2.05) is 27.7 Å². The number of allylic oxidation sites excluding steroid dienone is 1. The van der Waals surface area contributed by atoms with Crippen LogP contribution in [0.1, 0.15) is 47.5 Å². The monoisotopic (exact) mass is 368 g/mol. The van der Waals surface area contributed by atoms with Crippen LogP contribution in [-0.2, 0) is 23.7 Å². The molecule has 0 radical (unpaired) electrons. The van der Waals surface area contributed by atoms with Crippen molar-refractivity contribution < 1.29 is 28.8 Å². The van der Waals surface area contributed by atoms with Crippen molar-refractivity contribution in [3.63, 3.8) is 0 Å². The maximum Gasteiger partial charge on any atom is 0.188 e. The first kappa shape index (κ1) is 18.8. The van der Waals surface area contributed by atoms with Gasteiger partial charge in [-0.2, -0.15) is 0 Å². The summed E-state index contributed by atoms with van der Waals surface area (Å²) in [6.07, 6.45) is 0.763. The van der Waals surface area contributed by atoms with Crippen molar-refractivity contribution in [1.29, 1.82) is 0 Å². The number of ether oxygens (including phenoxy) is 5. The highest BCUT2D eigenvalue weighted by Crippen LogP contribution is 2.63. The lowest BCUT2D eigenvalue weighted by atomic mass is 9.64. The fraction of sp³-hybridized carbons (Fsp3) is 0.900. The summed E-state index contributed by atoms with van der Waals surface area (Å²) in [6.45, 7) is 14.7. The van der Waals surface area contributed by atoms with Gasteiger partial charge in [-0.3, -0.25) is 0 Å². The second-order valence-electron chi connectivity index (χ2n) is 9.26. The van der Waals surface area contributed by atoms with Gasteiger partial charge in [0.25, 0.3) is 0 Å². The lowest BCUT2D eigenvalue weighted by Gasteiger charge is -2.43. The van der Waals surface area contributed by atoms with E-state index < -0.39 is 17.9 Å². The van der Waals surface area contributed by atoms with Crippen molar-refractivity contribution >= 4 is 0 Å². The average molecular weight is 368 g/mol. The minimum absolute atomic E-state index is 0.0671. The van der Waals surface area contributed by atoms with Gasteiger partial charge in [-0.25, -0.2) is 0 Å². The molecule has 0 amide bonds. The van der Waals surface area contributed by atoms with E-state index in [4.69, 9.17) is 23.7 Å². The van der Waals surface area contributed by atoms with Crippen LogP contribution in [0, 0.1) is 17.3 Å². The zero-order valence-electron chi connectivity index (χ0n) is 16.5. The van der Waals surface area contributed by atoms with E-state index >= 15 is 0 Å². The molecule has 148 valence electrons. The predicted octanol–water partition coefficient (Wildman–Crippen LogP) is 2.60. The first-order valence-electron chi connectivity index (χ1n) is 9.71. The van der Waals surface area contributed by atoms with E-state index in [1.165, 1.54) is 0 Å². The summed E-state index contributed by atoms with van der Waals surface area (Å²) in [5.41, 5.74) is 0.832. The van der Waals surface area contributed by atoms with Gasteiger partial charge in [0.05, 0.1) is 12.7 Å². The van der Waals surface area contributed by atoms with Gasteiger partial charge in [-0.05, 0) is 52.4 Å². The van der Waals surface area contributed by atoms with Crippen LogP contribution < -0.4 is 0 Å². The van der Waals surface area contributed by atoms with Gasteiger partial charge in [0, 0.05) is 12.0 Å². The Morgan fingerprint density at radius 2 is 1.85 bits per heavy atom. The summed E-state index contributed by atoms with van der Waals surface area (Å²) in [7, 11) is 0. The largest absolute Gasteiger partial charge is 0.396 e. The Hall–Kier alpha value is -0.500. The number of hydrogen-bond donors (Lipinski definition) is 1. The highest BCUT2D eigenvalue weighted by Gasteiger charge is 2.70. The molecule has 0 aromatic heterocycles. The van der Waals surface area contributed by atoms with Crippen LogP contribution in [0.2, 0.25) is 0 Å². The molecule has 0 bridgehead atoms. The Labute approximate surface area is 155 Å². The Kier molecular flexibility index (Phi) is 4.35. The van der Waals surface area contributed by atoms with E-state index in [-0.39, 0.29) is 42.2 Å². The molecule has 26 heavy (non-hydrogen) atoms. The Bertz CT molecular complexity index is 587. The SMILES string of the molecule is C=C1CC[C@]2([C@@H]([C@H]3COC(C)(C)O3)O[C@@H]3OC(C)(C)O[C@@H]32)[C@H]1[C@H](C)CO. The average Bonchev–Trinajstić information content (AvgIpc) is 3.23. The summed E-state index contributed by atoms with van der Waals surface area (Å²) >= 11 is 0. The third-order valence-electron chi connectivity index (χ3n) is 6.52. The first-order valence-corrected chi connectivity index (χ1v) is 9.71. The smallest absolute Gasteiger partial charge is 0.188 e.